The molecule has 0 aliphatic carbocycles. The number of hydrogen-bond acceptors (Lipinski definition) is 8. The summed E-state index contributed by atoms with van der Waals surface area (Å²) >= 11 is 0. The van der Waals surface area contributed by atoms with Crippen LogP contribution < -0.4 is 26.4 Å². The van der Waals surface area contributed by atoms with E-state index in [1.165, 1.54) is 6.20 Å². The average Bonchev–Trinajstić information content (AvgIpc) is 2.87. The minimum atomic E-state index is -0.615. The Morgan fingerprint density at radius 2 is 2.31 bits per heavy atom. The van der Waals surface area contributed by atoms with Crippen molar-refractivity contribution in [2.24, 2.45) is 5.73 Å². The van der Waals surface area contributed by atoms with Crippen LogP contribution in [-0.2, 0) is 0 Å². The second-order valence-electron chi connectivity index (χ2n) is 6.24. The minimum Gasteiger partial charge on any atom is -0.489 e. The standard InChI is InChI=1S/C19H22N6O3.H2S/c1-2-3-4-7-21-18-14(17(20)27)10-23-19(25-18)24-12-5-6-16-15(8-12)22-9-13(26)11-28-16;/h1,5-6,8,10,13,22,26H,3-4,7,9,11H2,(H2,20,27)(H2,21,23,24,25);1H2/t13-;/m0./s1. The third-order valence-corrected chi connectivity index (χ3v) is 4.04. The Bertz CT molecular complexity index is 902. The van der Waals surface area contributed by atoms with Gasteiger partial charge < -0.3 is 31.5 Å². The molecule has 2 aromatic rings. The maximum atomic E-state index is 11.6. The smallest absolute Gasteiger partial charge is 0.254 e. The van der Waals surface area contributed by atoms with Crippen LogP contribution in [-0.4, -0.2) is 46.8 Å². The summed E-state index contributed by atoms with van der Waals surface area (Å²) in [7, 11) is 0. The molecule has 1 amide bonds. The molecule has 29 heavy (non-hydrogen) atoms. The number of β-amino-alcohol motifs (C(OH)–C–C–N with tert-alkyl or cyclic N) is 1. The number of ether oxygens (including phenoxy) is 1. The first kappa shape index (κ1) is 22.1. The van der Waals surface area contributed by atoms with Crippen LogP contribution in [0.25, 0.3) is 0 Å². The van der Waals surface area contributed by atoms with Crippen molar-refractivity contribution in [3.05, 3.63) is 30.0 Å². The molecule has 0 spiro atoms. The summed E-state index contributed by atoms with van der Waals surface area (Å²) < 4.78 is 5.54. The topological polar surface area (TPSA) is 134 Å². The number of unbranched alkanes of at least 4 members (excludes halogenated alkanes) is 1. The van der Waals surface area contributed by atoms with Crippen molar-refractivity contribution in [3.8, 4) is 18.1 Å². The fraction of sp³-hybridized carbons (Fsp3) is 0.316. The predicted molar refractivity (Wildman–Crippen MR) is 117 cm³/mol. The molecule has 1 aromatic heterocycles. The summed E-state index contributed by atoms with van der Waals surface area (Å²) in [4.78, 5) is 20.1. The SMILES string of the molecule is C#CCCCNc1nc(Nc2ccc3c(c2)NC[C@H](O)CO3)ncc1C(N)=O.S. The van der Waals surface area contributed by atoms with Crippen LogP contribution in [0, 0.1) is 12.3 Å². The number of amides is 1. The molecular formula is C19H24N6O3S. The highest BCUT2D eigenvalue weighted by Crippen LogP contribution is 2.30. The molecule has 9 nitrogen and oxygen atoms in total. The van der Waals surface area contributed by atoms with Crippen molar-refractivity contribution in [1.82, 2.24) is 9.97 Å². The molecule has 3 rings (SSSR count). The van der Waals surface area contributed by atoms with Gasteiger partial charge in [-0.3, -0.25) is 4.79 Å². The van der Waals surface area contributed by atoms with Gasteiger partial charge in [0.25, 0.3) is 5.91 Å². The number of aliphatic hydroxyl groups is 1. The molecule has 0 fully saturated rings. The van der Waals surface area contributed by atoms with Crippen LogP contribution in [0.5, 0.6) is 5.75 Å². The van der Waals surface area contributed by atoms with Gasteiger partial charge >= 0.3 is 0 Å². The van der Waals surface area contributed by atoms with Gasteiger partial charge in [-0.25, -0.2) is 4.98 Å². The zero-order valence-electron chi connectivity index (χ0n) is 15.7. The molecule has 1 aliphatic rings. The van der Waals surface area contributed by atoms with Gasteiger partial charge in [0.05, 0.1) is 11.3 Å². The largest absolute Gasteiger partial charge is 0.489 e. The van der Waals surface area contributed by atoms with Gasteiger partial charge in [0.1, 0.15) is 24.3 Å². The first-order valence-corrected chi connectivity index (χ1v) is 8.87. The lowest BCUT2D eigenvalue weighted by molar-refractivity contribution is 0.100. The summed E-state index contributed by atoms with van der Waals surface area (Å²) in [5.41, 5.74) is 7.07. The van der Waals surface area contributed by atoms with Gasteiger partial charge in [-0.2, -0.15) is 18.5 Å². The Kier molecular flexibility index (Phi) is 7.94. The molecule has 1 aromatic carbocycles. The number of nitrogens with zero attached hydrogens (tertiary/aromatic N) is 2. The minimum absolute atomic E-state index is 0. The van der Waals surface area contributed by atoms with Crippen molar-refractivity contribution in [1.29, 1.82) is 0 Å². The summed E-state index contributed by atoms with van der Waals surface area (Å²) in [6.07, 6.45) is 7.41. The zero-order chi connectivity index (χ0) is 19.9. The molecule has 6 N–H and O–H groups in total. The third kappa shape index (κ3) is 5.91. The van der Waals surface area contributed by atoms with Gasteiger partial charge in [0, 0.05) is 31.4 Å². The van der Waals surface area contributed by atoms with Crippen molar-refractivity contribution >= 4 is 42.5 Å². The van der Waals surface area contributed by atoms with Gasteiger partial charge in [-0.1, -0.05) is 0 Å². The molecule has 0 saturated carbocycles. The number of carbonyl (C=O) groups excluding carboxylic acids is 1. The van der Waals surface area contributed by atoms with Crippen molar-refractivity contribution in [2.45, 2.75) is 18.9 Å². The predicted octanol–water partition coefficient (Wildman–Crippen LogP) is 1.42. The fourth-order valence-electron chi connectivity index (χ4n) is 2.63. The fourth-order valence-corrected chi connectivity index (χ4v) is 2.63. The number of aromatic nitrogens is 2. The van der Waals surface area contributed by atoms with Crippen LogP contribution in [0.3, 0.4) is 0 Å². The summed E-state index contributed by atoms with van der Waals surface area (Å²) in [6.45, 7) is 1.19. The number of nitrogens with two attached hydrogens (primary N) is 1. The van der Waals surface area contributed by atoms with E-state index in [4.69, 9.17) is 16.9 Å². The van der Waals surface area contributed by atoms with Crippen molar-refractivity contribution in [3.63, 3.8) is 0 Å². The van der Waals surface area contributed by atoms with E-state index < -0.39 is 12.0 Å². The van der Waals surface area contributed by atoms with E-state index in [2.05, 4.69) is 31.8 Å². The van der Waals surface area contributed by atoms with E-state index in [9.17, 15) is 9.90 Å². The van der Waals surface area contributed by atoms with Crippen LogP contribution >= 0.6 is 13.5 Å². The highest BCUT2D eigenvalue weighted by molar-refractivity contribution is 7.59. The van der Waals surface area contributed by atoms with Crippen LogP contribution in [0.2, 0.25) is 0 Å². The maximum absolute atomic E-state index is 11.6. The molecule has 0 unspecified atom stereocenters. The summed E-state index contributed by atoms with van der Waals surface area (Å²) in [5.74, 6) is 3.25. The Labute approximate surface area is 175 Å². The first-order valence-electron chi connectivity index (χ1n) is 8.87. The molecule has 0 radical (unpaired) electrons. The van der Waals surface area contributed by atoms with Gasteiger partial charge in [0.15, 0.2) is 0 Å². The highest BCUT2D eigenvalue weighted by Gasteiger charge is 2.16. The lowest BCUT2D eigenvalue weighted by atomic mass is 10.2. The molecule has 2 heterocycles. The number of primary amides is 1. The number of benzene rings is 1. The average molecular weight is 417 g/mol. The van der Waals surface area contributed by atoms with Gasteiger partial charge in [-0.15, -0.1) is 12.3 Å². The number of fused-ring (bicyclic) bond motifs is 1. The van der Waals surface area contributed by atoms with E-state index in [-0.39, 0.29) is 25.7 Å². The second-order valence-corrected chi connectivity index (χ2v) is 6.24. The van der Waals surface area contributed by atoms with Crippen LogP contribution in [0.4, 0.5) is 23.1 Å². The molecule has 0 bridgehead atoms. The normalized spacial score (nSPS) is 14.7. The van der Waals surface area contributed by atoms with E-state index in [1.54, 1.807) is 6.07 Å². The number of aliphatic hydroxyl groups excluding tert-OH is 1. The highest BCUT2D eigenvalue weighted by atomic mass is 32.1. The van der Waals surface area contributed by atoms with E-state index >= 15 is 0 Å². The van der Waals surface area contributed by atoms with Crippen molar-refractivity contribution in [2.75, 3.05) is 35.6 Å². The summed E-state index contributed by atoms with van der Waals surface area (Å²) in [6, 6.07) is 5.43. The Balaban J connectivity index is 0.00000300. The molecule has 0 saturated heterocycles. The van der Waals surface area contributed by atoms with E-state index in [0.29, 0.717) is 37.0 Å². The Morgan fingerprint density at radius 1 is 1.48 bits per heavy atom. The molecule has 1 aliphatic heterocycles. The Hall–Kier alpha value is -3.16. The number of anilines is 4. The Morgan fingerprint density at radius 3 is 3.07 bits per heavy atom. The van der Waals surface area contributed by atoms with Crippen LogP contribution in [0.1, 0.15) is 23.2 Å². The van der Waals surface area contributed by atoms with Gasteiger partial charge in [0.2, 0.25) is 5.95 Å². The van der Waals surface area contributed by atoms with E-state index in [0.717, 1.165) is 17.8 Å². The van der Waals surface area contributed by atoms with Crippen LogP contribution in [0.15, 0.2) is 24.4 Å². The van der Waals surface area contributed by atoms with Gasteiger partial charge in [-0.05, 0) is 24.6 Å². The number of terminal acetylenes is 1. The lowest BCUT2D eigenvalue weighted by Crippen LogP contribution is -2.23. The third-order valence-electron chi connectivity index (χ3n) is 4.04. The summed E-state index contributed by atoms with van der Waals surface area (Å²) in [5, 5.41) is 19.0. The monoisotopic (exact) mass is 416 g/mol. The van der Waals surface area contributed by atoms with Crippen molar-refractivity contribution < 1.29 is 14.6 Å². The zero-order valence-corrected chi connectivity index (χ0v) is 16.7. The molecular weight excluding hydrogens is 392 g/mol. The quantitative estimate of drug-likeness (QED) is 0.338. The number of nitrogens with one attached hydrogen (secondary N) is 3. The number of hydrogen-bond donors (Lipinski definition) is 5. The maximum Gasteiger partial charge on any atom is 0.254 e. The molecule has 1 atom stereocenters. The van der Waals surface area contributed by atoms with E-state index in [1.807, 2.05) is 12.1 Å². The second kappa shape index (κ2) is 10.4. The molecule has 10 heteroatoms. The lowest BCUT2D eigenvalue weighted by Gasteiger charge is -2.13. The first-order chi connectivity index (χ1) is 13.6. The number of carbonyl (C=O) groups is 1. The number of rotatable bonds is 7. The molecule has 154 valence electrons.